The van der Waals surface area contributed by atoms with Crippen LogP contribution in [-0.2, 0) is 25.5 Å². The molecular weight excluding hydrogens is 358 g/mol. The Balaban J connectivity index is 2.24. The first-order valence-electron chi connectivity index (χ1n) is 8.11. The summed E-state index contributed by atoms with van der Waals surface area (Å²) in [6, 6.07) is 7.06. The monoisotopic (exact) mass is 381 g/mol. The van der Waals surface area contributed by atoms with Crippen molar-refractivity contribution in [2.75, 3.05) is 13.7 Å². The van der Waals surface area contributed by atoms with Gasteiger partial charge in [-0.2, -0.15) is 0 Å². The molecule has 0 aliphatic rings. The Morgan fingerprint density at radius 2 is 1.73 bits per heavy atom. The fourth-order valence-electron chi connectivity index (χ4n) is 1.82. The number of hydrogen-bond donors (Lipinski definition) is 3. The molecule has 3 N–H and O–H groups in total. The summed E-state index contributed by atoms with van der Waals surface area (Å²) in [6.45, 7) is 2.22. The van der Waals surface area contributed by atoms with Gasteiger partial charge in [0.25, 0.3) is 0 Å². The van der Waals surface area contributed by atoms with Gasteiger partial charge in [-0.3, -0.25) is 25.2 Å². The number of carbonyl (C=O) groups excluding carboxylic acids is 3. The number of amides is 2. The Morgan fingerprint density at radius 3 is 2.35 bits per heavy atom. The van der Waals surface area contributed by atoms with Gasteiger partial charge in [-0.25, -0.2) is 0 Å². The normalized spacial score (nSPS) is 9.77. The van der Waals surface area contributed by atoms with Gasteiger partial charge < -0.3 is 14.8 Å². The highest BCUT2D eigenvalue weighted by atomic mass is 32.1. The third-order valence-electron chi connectivity index (χ3n) is 3.12. The molecule has 0 spiro atoms. The smallest absolute Gasteiger partial charge is 0.306 e. The molecule has 0 unspecified atom stereocenters. The largest absolute Gasteiger partial charge is 0.497 e. The molecule has 0 heterocycles. The van der Waals surface area contributed by atoms with Crippen LogP contribution in [0.5, 0.6) is 5.75 Å². The van der Waals surface area contributed by atoms with Crippen LogP contribution in [0.3, 0.4) is 0 Å². The van der Waals surface area contributed by atoms with E-state index in [1.807, 2.05) is 6.92 Å². The number of hydrogen-bond acceptors (Lipinski definition) is 6. The lowest BCUT2D eigenvalue weighted by Gasteiger charge is -2.11. The lowest BCUT2D eigenvalue weighted by molar-refractivity contribution is -0.144. The van der Waals surface area contributed by atoms with Crippen molar-refractivity contribution in [2.45, 2.75) is 32.6 Å². The van der Waals surface area contributed by atoms with Gasteiger partial charge in [-0.1, -0.05) is 19.1 Å². The predicted octanol–water partition coefficient (Wildman–Crippen LogP) is 0.993. The van der Waals surface area contributed by atoms with Gasteiger partial charge >= 0.3 is 5.97 Å². The second kappa shape index (κ2) is 11.8. The van der Waals surface area contributed by atoms with E-state index in [9.17, 15) is 14.4 Å². The van der Waals surface area contributed by atoms with Gasteiger partial charge in [0, 0.05) is 6.42 Å². The van der Waals surface area contributed by atoms with Crippen LogP contribution in [0.1, 0.15) is 31.7 Å². The molecule has 0 aliphatic carbocycles. The van der Waals surface area contributed by atoms with Crippen LogP contribution in [0.4, 0.5) is 0 Å². The molecule has 0 fully saturated rings. The Labute approximate surface area is 157 Å². The second-order valence-corrected chi connectivity index (χ2v) is 5.70. The summed E-state index contributed by atoms with van der Waals surface area (Å²) in [5, 5.41) is 2.31. The van der Waals surface area contributed by atoms with E-state index in [1.54, 1.807) is 31.4 Å². The Kier molecular flexibility index (Phi) is 9.70. The van der Waals surface area contributed by atoms with E-state index in [0.717, 1.165) is 12.0 Å². The van der Waals surface area contributed by atoms with Gasteiger partial charge in [0.05, 0.1) is 26.6 Å². The summed E-state index contributed by atoms with van der Waals surface area (Å²) < 4.78 is 9.91. The van der Waals surface area contributed by atoms with Crippen LogP contribution in [0, 0.1) is 0 Å². The van der Waals surface area contributed by atoms with E-state index in [4.69, 9.17) is 21.7 Å². The third kappa shape index (κ3) is 8.97. The predicted molar refractivity (Wildman–Crippen MR) is 99.2 cm³/mol. The van der Waals surface area contributed by atoms with Crippen molar-refractivity contribution in [2.24, 2.45) is 0 Å². The number of benzene rings is 1. The van der Waals surface area contributed by atoms with Crippen molar-refractivity contribution >= 4 is 35.1 Å². The quantitative estimate of drug-likeness (QED) is 0.350. The molecule has 0 bridgehead atoms. The lowest BCUT2D eigenvalue weighted by atomic mass is 10.1. The van der Waals surface area contributed by atoms with Gasteiger partial charge in [-0.15, -0.1) is 0 Å². The molecule has 8 nitrogen and oxygen atoms in total. The lowest BCUT2D eigenvalue weighted by Crippen LogP contribution is -2.48. The second-order valence-electron chi connectivity index (χ2n) is 5.30. The molecule has 9 heteroatoms. The highest BCUT2D eigenvalue weighted by molar-refractivity contribution is 7.80. The molecule has 0 saturated carbocycles. The molecule has 0 atom stereocenters. The van der Waals surface area contributed by atoms with Crippen molar-refractivity contribution in [3.63, 3.8) is 0 Å². The summed E-state index contributed by atoms with van der Waals surface area (Å²) in [7, 11) is 1.56. The number of carbonyl (C=O) groups is 3. The summed E-state index contributed by atoms with van der Waals surface area (Å²) >= 11 is 4.91. The van der Waals surface area contributed by atoms with Crippen molar-refractivity contribution in [3.8, 4) is 5.75 Å². The molecule has 1 aromatic rings. The van der Waals surface area contributed by atoms with E-state index < -0.39 is 11.9 Å². The van der Waals surface area contributed by atoms with E-state index in [0.29, 0.717) is 12.4 Å². The minimum atomic E-state index is -0.444. The van der Waals surface area contributed by atoms with Gasteiger partial charge in [0.1, 0.15) is 5.75 Å². The Hall–Kier alpha value is -2.68. The van der Waals surface area contributed by atoms with Crippen molar-refractivity contribution in [3.05, 3.63) is 29.8 Å². The summed E-state index contributed by atoms with van der Waals surface area (Å²) in [5.74, 6) is -0.501. The molecule has 1 aromatic carbocycles. The van der Waals surface area contributed by atoms with E-state index in [-0.39, 0.29) is 30.3 Å². The fourth-order valence-corrected chi connectivity index (χ4v) is 1.99. The van der Waals surface area contributed by atoms with Gasteiger partial charge in [0.15, 0.2) is 5.11 Å². The number of nitrogens with one attached hydrogen (secondary N) is 3. The number of hydrazine groups is 1. The van der Waals surface area contributed by atoms with E-state index in [2.05, 4.69) is 16.2 Å². The maximum atomic E-state index is 11.8. The molecule has 0 radical (unpaired) electrons. The van der Waals surface area contributed by atoms with Crippen LogP contribution in [0.15, 0.2) is 24.3 Å². The van der Waals surface area contributed by atoms with Crippen LogP contribution in [0.25, 0.3) is 0 Å². The zero-order valence-electron chi connectivity index (χ0n) is 14.8. The fraction of sp³-hybridized carbons (Fsp3) is 0.412. The van der Waals surface area contributed by atoms with Crippen LogP contribution in [0.2, 0.25) is 0 Å². The first kappa shape index (κ1) is 21.4. The number of thiocarbonyl (C=S) groups is 1. The summed E-state index contributed by atoms with van der Waals surface area (Å²) in [4.78, 5) is 34.8. The Morgan fingerprint density at radius 1 is 1.04 bits per heavy atom. The molecular formula is C17H23N3O5S. The number of rotatable bonds is 8. The van der Waals surface area contributed by atoms with Crippen molar-refractivity contribution in [1.82, 2.24) is 16.2 Å². The SMILES string of the molecule is CCCOC(=O)CCC(=O)NC(=S)NNC(=O)Cc1ccc(OC)cc1. The molecule has 26 heavy (non-hydrogen) atoms. The van der Waals surface area contributed by atoms with Crippen LogP contribution in [-0.4, -0.2) is 36.6 Å². The van der Waals surface area contributed by atoms with E-state index >= 15 is 0 Å². The average molecular weight is 381 g/mol. The maximum Gasteiger partial charge on any atom is 0.306 e. The highest BCUT2D eigenvalue weighted by Gasteiger charge is 2.10. The minimum Gasteiger partial charge on any atom is -0.497 e. The number of ether oxygens (including phenoxy) is 2. The minimum absolute atomic E-state index is 0.0295. The van der Waals surface area contributed by atoms with E-state index in [1.165, 1.54) is 0 Å². The topological polar surface area (TPSA) is 106 Å². The first-order valence-corrected chi connectivity index (χ1v) is 8.52. The van der Waals surface area contributed by atoms with Crippen molar-refractivity contribution in [1.29, 1.82) is 0 Å². The van der Waals surface area contributed by atoms with Gasteiger partial charge in [-0.05, 0) is 36.3 Å². The molecule has 142 valence electrons. The zero-order valence-corrected chi connectivity index (χ0v) is 15.6. The standard InChI is InChI=1S/C17H23N3O5S/c1-3-10-25-16(23)9-8-14(21)18-17(26)20-19-15(22)11-12-4-6-13(24-2)7-5-12/h4-7H,3,8-11H2,1-2H3,(H,19,22)(H2,18,20,21,26). The van der Waals surface area contributed by atoms with Gasteiger partial charge in [0.2, 0.25) is 11.8 Å². The average Bonchev–Trinajstić information content (AvgIpc) is 2.63. The van der Waals surface area contributed by atoms with Crippen molar-refractivity contribution < 1.29 is 23.9 Å². The van der Waals surface area contributed by atoms with Crippen LogP contribution < -0.4 is 20.9 Å². The Bertz CT molecular complexity index is 634. The maximum absolute atomic E-state index is 11.8. The number of methoxy groups -OCH3 is 1. The molecule has 0 aliphatic heterocycles. The molecule has 0 aromatic heterocycles. The summed E-state index contributed by atoms with van der Waals surface area (Å²) in [6.07, 6.45) is 0.779. The zero-order chi connectivity index (χ0) is 19.4. The van der Waals surface area contributed by atoms with Crippen LogP contribution >= 0.6 is 12.2 Å². The number of esters is 1. The molecule has 0 saturated heterocycles. The highest BCUT2D eigenvalue weighted by Crippen LogP contribution is 2.11. The first-order chi connectivity index (χ1) is 12.4. The third-order valence-corrected chi connectivity index (χ3v) is 3.32. The molecule has 2 amide bonds. The molecule has 1 rings (SSSR count). The summed E-state index contributed by atoms with van der Waals surface area (Å²) in [5.41, 5.74) is 5.62.